The Bertz CT molecular complexity index is 925. The molecule has 0 saturated heterocycles. The number of benzene rings is 2. The third-order valence-electron chi connectivity index (χ3n) is 4.78. The normalized spacial score (nSPS) is 10.4. The molecule has 3 rings (SSSR count). The number of carbonyl (C=O) groups excluding carboxylic acids is 2. The van der Waals surface area contributed by atoms with Crippen molar-refractivity contribution in [2.45, 2.75) is 19.9 Å². The highest BCUT2D eigenvalue weighted by molar-refractivity contribution is 5.95. The van der Waals surface area contributed by atoms with E-state index in [0.29, 0.717) is 30.8 Å². The standard InChI is InChI=1S/C24H25N3O2/c1-2-27(17-14-19-12-15-25-16-13-19)24(29)22-10-8-20(9-11-22)18-26-23(28)21-6-4-3-5-7-21/h3-13,15-16H,2,14,17-18H2,1H3,(H,26,28). The molecular formula is C24H25N3O2. The summed E-state index contributed by atoms with van der Waals surface area (Å²) in [6, 6.07) is 20.5. The van der Waals surface area contributed by atoms with Crippen LogP contribution in [0.1, 0.15) is 38.8 Å². The van der Waals surface area contributed by atoms with Crippen LogP contribution in [0.5, 0.6) is 0 Å². The molecule has 3 aromatic rings. The van der Waals surface area contributed by atoms with Gasteiger partial charge in [0.2, 0.25) is 0 Å². The van der Waals surface area contributed by atoms with E-state index in [2.05, 4.69) is 10.3 Å². The van der Waals surface area contributed by atoms with E-state index in [1.807, 2.05) is 66.4 Å². The second-order valence-corrected chi connectivity index (χ2v) is 6.74. The highest BCUT2D eigenvalue weighted by Crippen LogP contribution is 2.10. The van der Waals surface area contributed by atoms with Crippen molar-refractivity contribution in [2.75, 3.05) is 13.1 Å². The molecule has 5 nitrogen and oxygen atoms in total. The molecule has 0 unspecified atom stereocenters. The molecular weight excluding hydrogens is 362 g/mol. The van der Waals surface area contributed by atoms with Crippen molar-refractivity contribution in [2.24, 2.45) is 0 Å². The molecule has 1 aromatic heterocycles. The molecule has 2 aromatic carbocycles. The molecule has 2 amide bonds. The molecule has 5 heteroatoms. The molecule has 0 radical (unpaired) electrons. The van der Waals surface area contributed by atoms with Gasteiger partial charge >= 0.3 is 0 Å². The average molecular weight is 387 g/mol. The molecule has 0 saturated carbocycles. The van der Waals surface area contributed by atoms with Gasteiger partial charge in [-0.15, -0.1) is 0 Å². The van der Waals surface area contributed by atoms with Crippen molar-refractivity contribution < 1.29 is 9.59 Å². The molecule has 148 valence electrons. The van der Waals surface area contributed by atoms with Gasteiger partial charge in [0.05, 0.1) is 0 Å². The summed E-state index contributed by atoms with van der Waals surface area (Å²) >= 11 is 0. The zero-order chi connectivity index (χ0) is 20.5. The van der Waals surface area contributed by atoms with Crippen LogP contribution in [0.15, 0.2) is 79.1 Å². The van der Waals surface area contributed by atoms with Gasteiger partial charge in [-0.25, -0.2) is 0 Å². The number of nitrogens with one attached hydrogen (secondary N) is 1. The van der Waals surface area contributed by atoms with E-state index in [1.54, 1.807) is 24.5 Å². The molecule has 0 aliphatic heterocycles. The van der Waals surface area contributed by atoms with Crippen molar-refractivity contribution in [1.82, 2.24) is 15.2 Å². The van der Waals surface area contributed by atoms with E-state index in [9.17, 15) is 9.59 Å². The van der Waals surface area contributed by atoms with E-state index < -0.39 is 0 Å². The first-order valence-electron chi connectivity index (χ1n) is 9.77. The average Bonchev–Trinajstić information content (AvgIpc) is 2.79. The second-order valence-electron chi connectivity index (χ2n) is 6.74. The predicted molar refractivity (Wildman–Crippen MR) is 114 cm³/mol. The highest BCUT2D eigenvalue weighted by atomic mass is 16.2. The van der Waals surface area contributed by atoms with E-state index in [4.69, 9.17) is 0 Å². The molecule has 1 heterocycles. The van der Waals surface area contributed by atoms with Gasteiger partial charge in [-0.2, -0.15) is 0 Å². The lowest BCUT2D eigenvalue weighted by molar-refractivity contribution is 0.0765. The molecule has 0 bridgehead atoms. The highest BCUT2D eigenvalue weighted by Gasteiger charge is 2.14. The molecule has 1 N–H and O–H groups in total. The molecule has 0 atom stereocenters. The summed E-state index contributed by atoms with van der Waals surface area (Å²) in [7, 11) is 0. The lowest BCUT2D eigenvalue weighted by Crippen LogP contribution is -2.32. The molecule has 29 heavy (non-hydrogen) atoms. The Kier molecular flexibility index (Phi) is 7.11. The van der Waals surface area contributed by atoms with Crippen molar-refractivity contribution in [3.05, 3.63) is 101 Å². The Balaban J connectivity index is 1.55. The van der Waals surface area contributed by atoms with Gasteiger partial charge in [-0.3, -0.25) is 14.6 Å². The van der Waals surface area contributed by atoms with Gasteiger partial charge in [0.25, 0.3) is 11.8 Å². The van der Waals surface area contributed by atoms with Crippen molar-refractivity contribution in [1.29, 1.82) is 0 Å². The summed E-state index contributed by atoms with van der Waals surface area (Å²) in [5, 5.41) is 2.90. The van der Waals surface area contributed by atoms with Gasteiger partial charge in [0.15, 0.2) is 0 Å². The SMILES string of the molecule is CCN(CCc1ccncc1)C(=O)c1ccc(CNC(=O)c2ccccc2)cc1. The Hall–Kier alpha value is -3.47. The molecule has 0 aliphatic carbocycles. The van der Waals surface area contributed by atoms with Crippen LogP contribution in [-0.4, -0.2) is 34.8 Å². The Morgan fingerprint density at radius 2 is 1.55 bits per heavy atom. The fourth-order valence-electron chi connectivity index (χ4n) is 3.04. The minimum atomic E-state index is -0.112. The quantitative estimate of drug-likeness (QED) is 0.641. The summed E-state index contributed by atoms with van der Waals surface area (Å²) in [6.07, 6.45) is 4.33. The van der Waals surface area contributed by atoms with Crippen molar-refractivity contribution >= 4 is 11.8 Å². The summed E-state index contributed by atoms with van der Waals surface area (Å²) in [6.45, 7) is 3.71. The van der Waals surface area contributed by atoms with Crippen LogP contribution >= 0.6 is 0 Å². The topological polar surface area (TPSA) is 62.3 Å². The lowest BCUT2D eigenvalue weighted by atomic mass is 10.1. The number of amides is 2. The largest absolute Gasteiger partial charge is 0.348 e. The van der Waals surface area contributed by atoms with E-state index in [0.717, 1.165) is 17.5 Å². The maximum absolute atomic E-state index is 12.8. The van der Waals surface area contributed by atoms with Crippen LogP contribution in [-0.2, 0) is 13.0 Å². The zero-order valence-corrected chi connectivity index (χ0v) is 16.5. The maximum atomic E-state index is 12.8. The third kappa shape index (κ3) is 5.75. The third-order valence-corrected chi connectivity index (χ3v) is 4.78. The summed E-state index contributed by atoms with van der Waals surface area (Å²) in [5.41, 5.74) is 3.40. The second kappa shape index (κ2) is 10.2. The monoisotopic (exact) mass is 387 g/mol. The van der Waals surface area contributed by atoms with E-state index >= 15 is 0 Å². The Labute approximate surface area is 171 Å². The number of rotatable bonds is 8. The van der Waals surface area contributed by atoms with Crippen molar-refractivity contribution in [3.63, 3.8) is 0 Å². The first-order valence-corrected chi connectivity index (χ1v) is 9.77. The maximum Gasteiger partial charge on any atom is 0.253 e. The summed E-state index contributed by atoms with van der Waals surface area (Å²) in [5.74, 6) is -0.0968. The molecule has 0 aliphatic rings. The summed E-state index contributed by atoms with van der Waals surface area (Å²) in [4.78, 5) is 30.8. The fraction of sp³-hybridized carbons (Fsp3) is 0.208. The fourth-order valence-corrected chi connectivity index (χ4v) is 3.04. The van der Waals surface area contributed by atoms with Gasteiger partial charge in [-0.05, 0) is 60.9 Å². The first-order chi connectivity index (χ1) is 14.2. The van der Waals surface area contributed by atoms with Gasteiger partial charge in [-0.1, -0.05) is 30.3 Å². The predicted octanol–water partition coefficient (Wildman–Crippen LogP) is 3.72. The number of carbonyl (C=O) groups is 2. The minimum absolute atomic E-state index is 0.0152. The zero-order valence-electron chi connectivity index (χ0n) is 16.5. The van der Waals surface area contributed by atoms with Crippen molar-refractivity contribution in [3.8, 4) is 0 Å². The summed E-state index contributed by atoms with van der Waals surface area (Å²) < 4.78 is 0. The number of aromatic nitrogens is 1. The number of likely N-dealkylation sites (N-methyl/N-ethyl adjacent to an activating group) is 1. The number of hydrogen-bond donors (Lipinski definition) is 1. The van der Waals surface area contributed by atoms with Crippen LogP contribution in [0.3, 0.4) is 0 Å². The number of hydrogen-bond acceptors (Lipinski definition) is 3. The van der Waals surface area contributed by atoms with Crippen LogP contribution in [0.25, 0.3) is 0 Å². The molecule has 0 fully saturated rings. The number of pyridine rings is 1. The van der Waals surface area contributed by atoms with Gasteiger partial charge < -0.3 is 10.2 Å². The van der Waals surface area contributed by atoms with Crippen LogP contribution in [0.2, 0.25) is 0 Å². The van der Waals surface area contributed by atoms with Crippen LogP contribution in [0.4, 0.5) is 0 Å². The lowest BCUT2D eigenvalue weighted by Gasteiger charge is -2.21. The van der Waals surface area contributed by atoms with E-state index in [1.165, 1.54) is 0 Å². The Morgan fingerprint density at radius 3 is 2.21 bits per heavy atom. The first kappa shape index (κ1) is 20.3. The van der Waals surface area contributed by atoms with Gasteiger partial charge in [0.1, 0.15) is 0 Å². The van der Waals surface area contributed by atoms with Crippen LogP contribution < -0.4 is 5.32 Å². The van der Waals surface area contributed by atoms with Gasteiger partial charge in [0, 0.05) is 43.2 Å². The smallest absolute Gasteiger partial charge is 0.253 e. The van der Waals surface area contributed by atoms with Crippen LogP contribution in [0, 0.1) is 0 Å². The Morgan fingerprint density at radius 1 is 0.862 bits per heavy atom. The molecule has 0 spiro atoms. The van der Waals surface area contributed by atoms with E-state index in [-0.39, 0.29) is 11.8 Å². The number of nitrogens with zero attached hydrogens (tertiary/aromatic N) is 2. The minimum Gasteiger partial charge on any atom is -0.348 e.